The molecule has 0 fully saturated rings. The fraction of sp³-hybridized carbons (Fsp3) is 0.125. The Bertz CT molecular complexity index is 1360. The van der Waals surface area contributed by atoms with Gasteiger partial charge in [-0.2, -0.15) is 0 Å². The average Bonchev–Trinajstić information content (AvgIpc) is 2.86. The van der Waals surface area contributed by atoms with Crippen LogP contribution in [0.3, 0.4) is 0 Å². The number of nitrogens with zero attached hydrogens (tertiary/aromatic N) is 1. The molecule has 0 aliphatic rings. The Morgan fingerprint density at radius 3 is 2.28 bits per heavy atom. The monoisotopic (exact) mass is 531 g/mol. The third-order valence-corrected chi connectivity index (χ3v) is 7.12. The second-order valence-electron chi connectivity index (χ2n) is 7.33. The molecule has 3 N–H and O–H groups in total. The van der Waals surface area contributed by atoms with E-state index in [1.807, 2.05) is 6.07 Å². The summed E-state index contributed by atoms with van der Waals surface area (Å²) in [6.45, 7) is -0.813. The highest BCUT2D eigenvalue weighted by Gasteiger charge is 2.29. The molecule has 3 amide bonds. The standard InChI is InChI=1S/C24H22ClN3O7S/c1-34-19-10-8-18(9-11-19)28(14-16-5-3-2-4-6-16)36(32,33)21-13-17(7-12-20(21)25)23(30)35-15-22(29)27-24(26)31/h2-13H,14-15H2,1H3,(H3,26,27,29,31). The molecule has 0 unspecified atom stereocenters. The quantitative estimate of drug-likeness (QED) is 0.403. The summed E-state index contributed by atoms with van der Waals surface area (Å²) in [6, 6.07) is 17.8. The summed E-state index contributed by atoms with van der Waals surface area (Å²) >= 11 is 6.26. The molecular formula is C24H22ClN3O7S. The number of nitrogens with two attached hydrogens (primary N) is 1. The van der Waals surface area contributed by atoms with Crippen LogP contribution in [0.4, 0.5) is 10.5 Å². The largest absolute Gasteiger partial charge is 0.497 e. The third kappa shape index (κ3) is 6.52. The van der Waals surface area contributed by atoms with Crippen molar-refractivity contribution in [3.8, 4) is 5.75 Å². The first-order valence-corrected chi connectivity index (χ1v) is 12.2. The molecule has 0 radical (unpaired) electrons. The van der Waals surface area contributed by atoms with Gasteiger partial charge in [0.15, 0.2) is 6.61 Å². The summed E-state index contributed by atoms with van der Waals surface area (Å²) in [6.07, 6.45) is 0. The molecule has 0 bridgehead atoms. The summed E-state index contributed by atoms with van der Waals surface area (Å²) in [4.78, 5) is 34.3. The van der Waals surface area contributed by atoms with E-state index in [0.717, 1.165) is 10.4 Å². The Hall–Kier alpha value is -4.09. The van der Waals surface area contributed by atoms with E-state index in [1.165, 1.54) is 19.2 Å². The summed E-state index contributed by atoms with van der Waals surface area (Å²) < 4.78 is 38.8. The molecule has 10 nitrogen and oxygen atoms in total. The van der Waals surface area contributed by atoms with Crippen LogP contribution in [0, 0.1) is 0 Å². The maximum atomic E-state index is 13.8. The number of hydrogen-bond donors (Lipinski definition) is 2. The van der Waals surface area contributed by atoms with Crippen LogP contribution < -0.4 is 20.1 Å². The van der Waals surface area contributed by atoms with Gasteiger partial charge in [-0.15, -0.1) is 0 Å². The summed E-state index contributed by atoms with van der Waals surface area (Å²) in [5, 5.41) is 1.63. The number of rotatable bonds is 9. The van der Waals surface area contributed by atoms with Crippen molar-refractivity contribution in [1.82, 2.24) is 5.32 Å². The molecule has 188 valence electrons. The highest BCUT2D eigenvalue weighted by atomic mass is 35.5. The van der Waals surface area contributed by atoms with Crippen LogP contribution in [-0.2, 0) is 26.1 Å². The molecule has 36 heavy (non-hydrogen) atoms. The molecular weight excluding hydrogens is 510 g/mol. The Kier molecular flexibility index (Phi) is 8.51. The zero-order chi connectivity index (χ0) is 26.3. The topological polar surface area (TPSA) is 145 Å². The Morgan fingerprint density at radius 2 is 1.67 bits per heavy atom. The van der Waals surface area contributed by atoms with E-state index in [-0.39, 0.29) is 22.0 Å². The van der Waals surface area contributed by atoms with Crippen molar-refractivity contribution in [1.29, 1.82) is 0 Å². The van der Waals surface area contributed by atoms with Gasteiger partial charge in [0.1, 0.15) is 10.6 Å². The lowest BCUT2D eigenvalue weighted by atomic mass is 10.2. The summed E-state index contributed by atoms with van der Waals surface area (Å²) in [5.74, 6) is -1.40. The first-order valence-electron chi connectivity index (χ1n) is 10.4. The number of hydrogen-bond acceptors (Lipinski definition) is 7. The smallest absolute Gasteiger partial charge is 0.338 e. The predicted molar refractivity (Wildman–Crippen MR) is 132 cm³/mol. The normalized spacial score (nSPS) is 10.8. The number of nitrogens with one attached hydrogen (secondary N) is 1. The van der Waals surface area contributed by atoms with Gasteiger partial charge in [-0.1, -0.05) is 41.9 Å². The number of halogens is 1. The van der Waals surface area contributed by atoms with E-state index in [0.29, 0.717) is 17.0 Å². The van der Waals surface area contributed by atoms with Gasteiger partial charge in [-0.05, 0) is 48.0 Å². The Morgan fingerprint density at radius 1 is 1.00 bits per heavy atom. The molecule has 0 spiro atoms. The molecule has 12 heteroatoms. The van der Waals surface area contributed by atoms with Crippen molar-refractivity contribution in [3.05, 3.63) is 88.9 Å². The van der Waals surface area contributed by atoms with Crippen LogP contribution in [0.15, 0.2) is 77.7 Å². The number of esters is 1. The minimum absolute atomic E-state index is 0.0200. The molecule has 0 atom stereocenters. The van der Waals surface area contributed by atoms with E-state index in [4.69, 9.17) is 26.8 Å². The number of carbonyl (C=O) groups excluding carboxylic acids is 3. The van der Waals surface area contributed by atoms with Crippen LogP contribution in [-0.4, -0.2) is 40.0 Å². The highest BCUT2D eigenvalue weighted by molar-refractivity contribution is 7.93. The number of urea groups is 1. The lowest BCUT2D eigenvalue weighted by Crippen LogP contribution is -2.37. The van der Waals surface area contributed by atoms with Crippen molar-refractivity contribution >= 4 is 45.2 Å². The molecule has 3 rings (SSSR count). The maximum Gasteiger partial charge on any atom is 0.338 e. The Balaban J connectivity index is 1.97. The zero-order valence-corrected chi connectivity index (χ0v) is 20.6. The van der Waals surface area contributed by atoms with Crippen LogP contribution in [0.25, 0.3) is 0 Å². The molecule has 0 saturated carbocycles. The molecule has 3 aromatic carbocycles. The number of sulfonamides is 1. The van der Waals surface area contributed by atoms with Gasteiger partial charge in [-0.25, -0.2) is 18.0 Å². The van der Waals surface area contributed by atoms with E-state index >= 15 is 0 Å². The molecule has 3 aromatic rings. The maximum absolute atomic E-state index is 13.8. The third-order valence-electron chi connectivity index (χ3n) is 4.86. The number of primary amides is 1. The summed E-state index contributed by atoms with van der Waals surface area (Å²) in [5.41, 5.74) is 5.72. The van der Waals surface area contributed by atoms with Gasteiger partial charge in [0.25, 0.3) is 15.9 Å². The highest BCUT2D eigenvalue weighted by Crippen LogP contribution is 2.32. The van der Waals surface area contributed by atoms with Gasteiger partial charge < -0.3 is 15.2 Å². The number of imide groups is 1. The van der Waals surface area contributed by atoms with Crippen LogP contribution in [0.5, 0.6) is 5.75 Å². The van der Waals surface area contributed by atoms with Gasteiger partial charge >= 0.3 is 12.0 Å². The molecule has 0 aliphatic heterocycles. The predicted octanol–water partition coefficient (Wildman–Crippen LogP) is 3.10. The average molecular weight is 532 g/mol. The van der Waals surface area contributed by atoms with Crippen molar-refractivity contribution in [2.75, 3.05) is 18.0 Å². The SMILES string of the molecule is COc1ccc(N(Cc2ccccc2)S(=O)(=O)c2cc(C(=O)OCC(=O)NC(N)=O)ccc2Cl)cc1. The van der Waals surface area contributed by atoms with Crippen molar-refractivity contribution < 1.29 is 32.3 Å². The lowest BCUT2D eigenvalue weighted by Gasteiger charge is -2.25. The second kappa shape index (κ2) is 11.6. The van der Waals surface area contributed by atoms with Gasteiger partial charge in [0.05, 0.1) is 29.9 Å². The van der Waals surface area contributed by atoms with Crippen LogP contribution >= 0.6 is 11.6 Å². The van der Waals surface area contributed by atoms with E-state index in [9.17, 15) is 22.8 Å². The van der Waals surface area contributed by atoms with Crippen LogP contribution in [0.2, 0.25) is 5.02 Å². The molecule has 0 saturated heterocycles. The zero-order valence-electron chi connectivity index (χ0n) is 19.0. The Labute approximate surface area is 212 Å². The number of anilines is 1. The minimum Gasteiger partial charge on any atom is -0.497 e. The van der Waals surface area contributed by atoms with Crippen molar-refractivity contribution in [2.45, 2.75) is 11.4 Å². The molecule has 0 heterocycles. The molecule has 0 aromatic heterocycles. The number of carbonyl (C=O) groups is 3. The number of amides is 3. The fourth-order valence-electron chi connectivity index (χ4n) is 3.15. The van der Waals surface area contributed by atoms with Crippen molar-refractivity contribution in [3.63, 3.8) is 0 Å². The van der Waals surface area contributed by atoms with Crippen molar-refractivity contribution in [2.24, 2.45) is 5.73 Å². The fourth-order valence-corrected chi connectivity index (χ4v) is 5.10. The van der Waals surface area contributed by atoms with Gasteiger partial charge in [0.2, 0.25) is 0 Å². The second-order valence-corrected chi connectivity index (χ2v) is 9.57. The van der Waals surface area contributed by atoms with Gasteiger partial charge in [0, 0.05) is 0 Å². The van der Waals surface area contributed by atoms with Gasteiger partial charge in [-0.3, -0.25) is 14.4 Å². The first-order chi connectivity index (χ1) is 17.1. The minimum atomic E-state index is -4.29. The number of benzene rings is 3. The van der Waals surface area contributed by atoms with E-state index in [2.05, 4.69) is 0 Å². The number of methoxy groups -OCH3 is 1. The summed E-state index contributed by atoms with van der Waals surface area (Å²) in [7, 11) is -2.80. The number of ether oxygens (including phenoxy) is 2. The van der Waals surface area contributed by atoms with E-state index < -0.39 is 34.5 Å². The van der Waals surface area contributed by atoms with E-state index in [1.54, 1.807) is 53.8 Å². The molecule has 0 aliphatic carbocycles. The van der Waals surface area contributed by atoms with Crippen LogP contribution in [0.1, 0.15) is 15.9 Å². The first kappa shape index (κ1) is 26.5. The lowest BCUT2D eigenvalue weighted by molar-refractivity contribution is -0.123.